The van der Waals surface area contributed by atoms with Gasteiger partial charge in [0.2, 0.25) is 0 Å². The Balaban J connectivity index is 2.40. The summed E-state index contributed by atoms with van der Waals surface area (Å²) in [6.07, 6.45) is 1.21. The van der Waals surface area contributed by atoms with Crippen molar-refractivity contribution in [3.05, 3.63) is 29.8 Å². The van der Waals surface area contributed by atoms with Crippen LogP contribution in [0.25, 0.3) is 0 Å². The molecule has 1 nitrogen and oxygen atoms in total. The Morgan fingerprint density at radius 2 is 2.17 bits per heavy atom. The monoisotopic (exact) mass is 161 g/mol. The van der Waals surface area contributed by atoms with E-state index in [0.717, 1.165) is 6.54 Å². The van der Waals surface area contributed by atoms with Crippen molar-refractivity contribution in [3.63, 3.8) is 0 Å². The second kappa shape index (κ2) is 2.81. The lowest BCUT2D eigenvalue weighted by Crippen LogP contribution is -2.28. The summed E-state index contributed by atoms with van der Waals surface area (Å²) < 4.78 is 0. The second-order valence-electron chi connectivity index (χ2n) is 3.47. The minimum atomic E-state index is 0.687. The zero-order valence-electron chi connectivity index (χ0n) is 7.75. The van der Waals surface area contributed by atoms with E-state index in [0.29, 0.717) is 6.04 Å². The Labute approximate surface area is 74.0 Å². The zero-order valence-corrected chi connectivity index (χ0v) is 7.75. The number of nitrogens with zero attached hydrogens (tertiary/aromatic N) is 1. The lowest BCUT2D eigenvalue weighted by Gasteiger charge is -2.22. The number of fused-ring (bicyclic) bond motifs is 1. The van der Waals surface area contributed by atoms with Gasteiger partial charge in [-0.05, 0) is 31.9 Å². The van der Waals surface area contributed by atoms with Crippen LogP contribution in [0.15, 0.2) is 24.3 Å². The second-order valence-corrected chi connectivity index (χ2v) is 3.47. The number of anilines is 1. The summed E-state index contributed by atoms with van der Waals surface area (Å²) in [5.74, 6) is 0. The molecule has 1 heterocycles. The SMILES string of the molecule is CCN1c2ccccc2CC1C. The van der Waals surface area contributed by atoms with Crippen molar-refractivity contribution in [1.29, 1.82) is 0 Å². The van der Waals surface area contributed by atoms with E-state index in [9.17, 15) is 0 Å². The van der Waals surface area contributed by atoms with E-state index in [1.54, 1.807) is 0 Å². The Bertz CT molecular complexity index is 280. The van der Waals surface area contributed by atoms with Gasteiger partial charge in [-0.25, -0.2) is 0 Å². The molecular formula is C11H15N. The topological polar surface area (TPSA) is 3.24 Å². The van der Waals surface area contributed by atoms with Crippen molar-refractivity contribution in [2.24, 2.45) is 0 Å². The van der Waals surface area contributed by atoms with Gasteiger partial charge in [-0.15, -0.1) is 0 Å². The molecule has 1 unspecified atom stereocenters. The van der Waals surface area contributed by atoms with Crippen LogP contribution in [0.5, 0.6) is 0 Å². The van der Waals surface area contributed by atoms with E-state index < -0.39 is 0 Å². The number of hydrogen-bond donors (Lipinski definition) is 0. The summed E-state index contributed by atoms with van der Waals surface area (Å²) in [5, 5.41) is 0. The lowest BCUT2D eigenvalue weighted by molar-refractivity contribution is 0.690. The van der Waals surface area contributed by atoms with Gasteiger partial charge in [-0.1, -0.05) is 18.2 Å². The first-order valence-corrected chi connectivity index (χ1v) is 4.67. The molecule has 1 aromatic carbocycles. The third kappa shape index (κ3) is 1.01. The average molecular weight is 161 g/mol. The van der Waals surface area contributed by atoms with E-state index in [1.165, 1.54) is 17.7 Å². The van der Waals surface area contributed by atoms with E-state index in [2.05, 4.69) is 43.0 Å². The van der Waals surface area contributed by atoms with Crippen LogP contribution < -0.4 is 4.90 Å². The maximum atomic E-state index is 2.47. The van der Waals surface area contributed by atoms with Gasteiger partial charge in [0.1, 0.15) is 0 Å². The van der Waals surface area contributed by atoms with Crippen molar-refractivity contribution < 1.29 is 0 Å². The van der Waals surface area contributed by atoms with Crippen LogP contribution in [-0.2, 0) is 6.42 Å². The van der Waals surface area contributed by atoms with Gasteiger partial charge in [0, 0.05) is 18.3 Å². The van der Waals surface area contributed by atoms with Crippen molar-refractivity contribution in [1.82, 2.24) is 0 Å². The molecule has 2 rings (SSSR count). The van der Waals surface area contributed by atoms with Gasteiger partial charge in [0.15, 0.2) is 0 Å². The Kier molecular flexibility index (Phi) is 1.80. The van der Waals surface area contributed by atoms with Crippen LogP contribution in [-0.4, -0.2) is 12.6 Å². The summed E-state index contributed by atoms with van der Waals surface area (Å²) in [6.45, 7) is 5.64. The fourth-order valence-electron chi connectivity index (χ4n) is 2.11. The van der Waals surface area contributed by atoms with Gasteiger partial charge in [0.05, 0.1) is 0 Å². The number of benzene rings is 1. The molecule has 0 spiro atoms. The summed E-state index contributed by atoms with van der Waals surface area (Å²) >= 11 is 0. The largest absolute Gasteiger partial charge is 0.369 e. The standard InChI is InChI=1S/C11H15N/c1-3-12-9(2)8-10-6-4-5-7-11(10)12/h4-7,9H,3,8H2,1-2H3. The molecular weight excluding hydrogens is 146 g/mol. The fraction of sp³-hybridized carbons (Fsp3) is 0.455. The normalized spacial score (nSPS) is 21.2. The molecule has 0 radical (unpaired) electrons. The molecule has 64 valence electrons. The first kappa shape index (κ1) is 7.66. The van der Waals surface area contributed by atoms with Crippen LogP contribution in [0.1, 0.15) is 19.4 Å². The summed E-state index contributed by atoms with van der Waals surface area (Å²) in [4.78, 5) is 2.47. The summed E-state index contributed by atoms with van der Waals surface area (Å²) in [5.41, 5.74) is 2.94. The van der Waals surface area contributed by atoms with E-state index in [4.69, 9.17) is 0 Å². The Morgan fingerprint density at radius 3 is 2.92 bits per heavy atom. The first-order chi connectivity index (χ1) is 5.83. The number of likely N-dealkylation sites (N-methyl/N-ethyl adjacent to an activating group) is 1. The molecule has 0 N–H and O–H groups in total. The molecule has 0 aromatic heterocycles. The minimum Gasteiger partial charge on any atom is -0.369 e. The molecule has 1 aliphatic heterocycles. The molecule has 0 bridgehead atoms. The van der Waals surface area contributed by atoms with Crippen LogP contribution in [0.4, 0.5) is 5.69 Å². The zero-order chi connectivity index (χ0) is 8.55. The van der Waals surface area contributed by atoms with Crippen LogP contribution in [0, 0.1) is 0 Å². The Hall–Kier alpha value is -0.980. The molecule has 1 aromatic rings. The molecule has 0 amide bonds. The fourth-order valence-corrected chi connectivity index (χ4v) is 2.11. The van der Waals surface area contributed by atoms with Crippen molar-refractivity contribution in [2.45, 2.75) is 26.3 Å². The molecule has 0 saturated heterocycles. The highest BCUT2D eigenvalue weighted by atomic mass is 15.2. The summed E-state index contributed by atoms with van der Waals surface area (Å²) in [6, 6.07) is 9.40. The minimum absolute atomic E-state index is 0.687. The molecule has 12 heavy (non-hydrogen) atoms. The predicted octanol–water partition coefficient (Wildman–Crippen LogP) is 2.46. The van der Waals surface area contributed by atoms with Gasteiger partial charge >= 0.3 is 0 Å². The van der Waals surface area contributed by atoms with Gasteiger partial charge < -0.3 is 4.90 Å². The molecule has 1 heteroatoms. The highest BCUT2D eigenvalue weighted by Gasteiger charge is 2.23. The average Bonchev–Trinajstić information content (AvgIpc) is 2.40. The smallest absolute Gasteiger partial charge is 0.0401 e. The quantitative estimate of drug-likeness (QED) is 0.611. The van der Waals surface area contributed by atoms with Crippen LogP contribution >= 0.6 is 0 Å². The maximum Gasteiger partial charge on any atom is 0.0401 e. The third-order valence-electron chi connectivity index (χ3n) is 2.69. The highest BCUT2D eigenvalue weighted by Crippen LogP contribution is 2.30. The lowest BCUT2D eigenvalue weighted by atomic mass is 10.1. The third-order valence-corrected chi connectivity index (χ3v) is 2.69. The van der Waals surface area contributed by atoms with Gasteiger partial charge in [-0.3, -0.25) is 0 Å². The van der Waals surface area contributed by atoms with Crippen molar-refractivity contribution >= 4 is 5.69 Å². The van der Waals surface area contributed by atoms with Crippen molar-refractivity contribution in [3.8, 4) is 0 Å². The number of hydrogen-bond acceptors (Lipinski definition) is 1. The predicted molar refractivity (Wildman–Crippen MR) is 52.6 cm³/mol. The molecule has 0 saturated carbocycles. The molecule has 1 atom stereocenters. The van der Waals surface area contributed by atoms with Crippen LogP contribution in [0.2, 0.25) is 0 Å². The summed E-state index contributed by atoms with van der Waals surface area (Å²) in [7, 11) is 0. The number of para-hydroxylation sites is 1. The van der Waals surface area contributed by atoms with Crippen molar-refractivity contribution in [2.75, 3.05) is 11.4 Å². The van der Waals surface area contributed by atoms with Gasteiger partial charge in [0.25, 0.3) is 0 Å². The first-order valence-electron chi connectivity index (χ1n) is 4.67. The number of rotatable bonds is 1. The van der Waals surface area contributed by atoms with E-state index in [-0.39, 0.29) is 0 Å². The van der Waals surface area contributed by atoms with E-state index in [1.807, 2.05) is 0 Å². The van der Waals surface area contributed by atoms with E-state index >= 15 is 0 Å². The Morgan fingerprint density at radius 1 is 1.42 bits per heavy atom. The molecule has 0 fully saturated rings. The van der Waals surface area contributed by atoms with Crippen LogP contribution in [0.3, 0.4) is 0 Å². The highest BCUT2D eigenvalue weighted by molar-refractivity contribution is 5.58. The van der Waals surface area contributed by atoms with Gasteiger partial charge in [-0.2, -0.15) is 0 Å². The molecule has 0 aliphatic carbocycles. The maximum absolute atomic E-state index is 2.47. The molecule has 1 aliphatic rings.